The Bertz CT molecular complexity index is 1060. The zero-order valence-electron chi connectivity index (χ0n) is 15.4. The average Bonchev–Trinajstić information content (AvgIpc) is 3.18. The molecule has 1 aliphatic rings. The number of amidine groups is 1. The molecule has 28 heavy (non-hydrogen) atoms. The predicted molar refractivity (Wildman–Crippen MR) is 115 cm³/mol. The van der Waals surface area contributed by atoms with Crippen molar-refractivity contribution >= 4 is 61.1 Å². The topological polar surface area (TPSA) is 74.7 Å². The first-order chi connectivity index (χ1) is 13.5. The highest BCUT2D eigenvalue weighted by atomic mass is 32.2. The molecule has 8 heteroatoms. The SMILES string of the molecule is Cc1cccc(NC(=O)C[C@H]2SC(=Nc3nc4ccccc4s3)N(C)C2=O)c1. The lowest BCUT2D eigenvalue weighted by atomic mass is 10.2. The van der Waals surface area contributed by atoms with Crippen LogP contribution in [0.3, 0.4) is 0 Å². The average molecular weight is 411 g/mol. The summed E-state index contributed by atoms with van der Waals surface area (Å²) in [5.41, 5.74) is 2.68. The lowest BCUT2D eigenvalue weighted by molar-refractivity contribution is -0.127. The lowest BCUT2D eigenvalue weighted by Crippen LogP contribution is -2.30. The molecule has 2 heterocycles. The number of aromatic nitrogens is 1. The van der Waals surface area contributed by atoms with Crippen LogP contribution in [0.25, 0.3) is 10.2 Å². The summed E-state index contributed by atoms with van der Waals surface area (Å²) >= 11 is 2.78. The van der Waals surface area contributed by atoms with Gasteiger partial charge in [0.2, 0.25) is 16.9 Å². The van der Waals surface area contributed by atoms with E-state index in [-0.39, 0.29) is 18.2 Å². The number of benzene rings is 2. The molecule has 0 bridgehead atoms. The number of hydrogen-bond acceptors (Lipinski definition) is 6. The number of aryl methyl sites for hydroxylation is 1. The number of carbonyl (C=O) groups is 2. The summed E-state index contributed by atoms with van der Waals surface area (Å²) in [5, 5.41) is 3.54. The summed E-state index contributed by atoms with van der Waals surface area (Å²) < 4.78 is 1.05. The second-order valence-corrected chi connectivity index (χ2v) is 8.66. The normalized spacial score (nSPS) is 18.2. The highest BCUT2D eigenvalue weighted by Crippen LogP contribution is 2.33. The molecule has 0 aliphatic carbocycles. The Morgan fingerprint density at radius 1 is 1.25 bits per heavy atom. The van der Waals surface area contributed by atoms with Crippen LogP contribution in [0, 0.1) is 6.92 Å². The molecule has 3 aromatic rings. The minimum Gasteiger partial charge on any atom is -0.326 e. The Morgan fingerprint density at radius 2 is 2.07 bits per heavy atom. The second kappa shape index (κ2) is 7.73. The number of thiazole rings is 1. The van der Waals surface area contributed by atoms with E-state index in [0.717, 1.165) is 21.5 Å². The number of aliphatic imine (C=N–C) groups is 1. The number of para-hydroxylation sites is 1. The van der Waals surface area contributed by atoms with Gasteiger partial charge in [0.1, 0.15) is 5.25 Å². The van der Waals surface area contributed by atoms with Crippen LogP contribution in [0.2, 0.25) is 0 Å². The van der Waals surface area contributed by atoms with Crippen molar-refractivity contribution in [2.45, 2.75) is 18.6 Å². The van der Waals surface area contributed by atoms with Crippen LogP contribution < -0.4 is 5.32 Å². The number of thioether (sulfide) groups is 1. The van der Waals surface area contributed by atoms with Gasteiger partial charge in [-0.15, -0.1) is 0 Å². The van der Waals surface area contributed by atoms with Crippen LogP contribution in [0.4, 0.5) is 10.8 Å². The van der Waals surface area contributed by atoms with Crippen LogP contribution >= 0.6 is 23.1 Å². The van der Waals surface area contributed by atoms with Crippen molar-refractivity contribution in [3.63, 3.8) is 0 Å². The number of amides is 2. The molecule has 1 saturated heterocycles. The molecule has 142 valence electrons. The van der Waals surface area contributed by atoms with Gasteiger partial charge in [-0.1, -0.05) is 47.4 Å². The van der Waals surface area contributed by atoms with E-state index in [2.05, 4.69) is 15.3 Å². The van der Waals surface area contributed by atoms with Gasteiger partial charge in [-0.3, -0.25) is 14.5 Å². The molecular weight excluding hydrogens is 392 g/mol. The van der Waals surface area contributed by atoms with E-state index in [4.69, 9.17) is 0 Å². The summed E-state index contributed by atoms with van der Waals surface area (Å²) in [5.74, 6) is -0.310. The van der Waals surface area contributed by atoms with Crippen LogP contribution in [0.1, 0.15) is 12.0 Å². The van der Waals surface area contributed by atoms with Gasteiger partial charge < -0.3 is 5.32 Å². The fourth-order valence-electron chi connectivity index (χ4n) is 2.89. The van der Waals surface area contributed by atoms with E-state index in [9.17, 15) is 9.59 Å². The van der Waals surface area contributed by atoms with Crippen molar-refractivity contribution in [3.05, 3.63) is 54.1 Å². The third kappa shape index (κ3) is 3.93. The van der Waals surface area contributed by atoms with Crippen LogP contribution in [0.5, 0.6) is 0 Å². The van der Waals surface area contributed by atoms with Gasteiger partial charge in [-0.05, 0) is 36.8 Å². The second-order valence-electron chi connectivity index (χ2n) is 6.48. The number of anilines is 1. The number of nitrogens with one attached hydrogen (secondary N) is 1. The lowest BCUT2D eigenvalue weighted by Gasteiger charge is -2.09. The zero-order valence-corrected chi connectivity index (χ0v) is 17.0. The van der Waals surface area contributed by atoms with Crippen molar-refractivity contribution in [2.75, 3.05) is 12.4 Å². The standard InChI is InChI=1S/C20H18N4O2S2/c1-12-6-5-7-13(10-12)21-17(25)11-16-18(26)24(2)20(28-16)23-19-22-14-8-3-4-9-15(14)27-19/h3-10,16H,11H2,1-2H3,(H,21,25)/t16-/m1/s1. The highest BCUT2D eigenvalue weighted by Gasteiger charge is 2.37. The third-order valence-corrected chi connectivity index (χ3v) is 6.45. The van der Waals surface area contributed by atoms with Gasteiger partial charge in [0.25, 0.3) is 0 Å². The van der Waals surface area contributed by atoms with Gasteiger partial charge in [0.15, 0.2) is 5.17 Å². The van der Waals surface area contributed by atoms with Gasteiger partial charge in [0.05, 0.1) is 10.2 Å². The van der Waals surface area contributed by atoms with E-state index < -0.39 is 5.25 Å². The summed E-state index contributed by atoms with van der Waals surface area (Å²) in [4.78, 5) is 35.4. The largest absolute Gasteiger partial charge is 0.326 e. The minimum atomic E-state index is -0.483. The van der Waals surface area contributed by atoms with Crippen molar-refractivity contribution < 1.29 is 9.59 Å². The van der Waals surface area contributed by atoms with Gasteiger partial charge in [-0.2, -0.15) is 4.99 Å². The van der Waals surface area contributed by atoms with Crippen LogP contribution in [-0.2, 0) is 9.59 Å². The fraction of sp³-hybridized carbons (Fsp3) is 0.200. The maximum atomic E-state index is 12.5. The van der Waals surface area contributed by atoms with E-state index in [1.165, 1.54) is 28.0 Å². The Morgan fingerprint density at radius 3 is 2.86 bits per heavy atom. The van der Waals surface area contributed by atoms with Gasteiger partial charge in [0, 0.05) is 19.2 Å². The monoisotopic (exact) mass is 410 g/mol. The maximum Gasteiger partial charge on any atom is 0.242 e. The highest BCUT2D eigenvalue weighted by molar-refractivity contribution is 8.15. The van der Waals surface area contributed by atoms with E-state index >= 15 is 0 Å². The van der Waals surface area contributed by atoms with Gasteiger partial charge in [-0.25, -0.2) is 4.98 Å². The molecule has 1 aromatic heterocycles. The number of nitrogens with zero attached hydrogens (tertiary/aromatic N) is 3. The summed E-state index contributed by atoms with van der Waals surface area (Å²) in [6, 6.07) is 15.4. The zero-order chi connectivity index (χ0) is 19.7. The summed E-state index contributed by atoms with van der Waals surface area (Å²) in [7, 11) is 1.68. The molecule has 1 atom stereocenters. The molecule has 0 unspecified atom stereocenters. The number of fused-ring (bicyclic) bond motifs is 1. The Hall–Kier alpha value is -2.71. The van der Waals surface area contributed by atoms with Crippen LogP contribution in [0.15, 0.2) is 53.5 Å². The Balaban J connectivity index is 1.46. The molecular formula is C20H18N4O2S2. The van der Waals surface area contributed by atoms with Crippen molar-refractivity contribution in [1.82, 2.24) is 9.88 Å². The Labute approximate surface area is 170 Å². The molecule has 6 nitrogen and oxygen atoms in total. The van der Waals surface area contributed by atoms with E-state index in [1.54, 1.807) is 7.05 Å². The molecule has 1 fully saturated rings. The smallest absolute Gasteiger partial charge is 0.242 e. The molecule has 0 saturated carbocycles. The molecule has 4 rings (SSSR count). The summed E-state index contributed by atoms with van der Waals surface area (Å²) in [6.07, 6.45) is 0.0979. The van der Waals surface area contributed by atoms with Crippen molar-refractivity contribution in [2.24, 2.45) is 4.99 Å². The first-order valence-corrected chi connectivity index (χ1v) is 10.4. The maximum absolute atomic E-state index is 12.5. The number of rotatable bonds is 4. The first-order valence-electron chi connectivity index (χ1n) is 8.74. The molecule has 2 amide bonds. The van der Waals surface area contributed by atoms with Crippen molar-refractivity contribution in [3.8, 4) is 0 Å². The van der Waals surface area contributed by atoms with E-state index in [0.29, 0.717) is 10.3 Å². The fourth-order valence-corrected chi connectivity index (χ4v) is 4.92. The molecule has 2 aromatic carbocycles. The first kappa shape index (κ1) is 18.6. The van der Waals surface area contributed by atoms with Gasteiger partial charge >= 0.3 is 0 Å². The molecule has 0 spiro atoms. The number of hydrogen-bond donors (Lipinski definition) is 1. The molecule has 1 aliphatic heterocycles. The number of carbonyl (C=O) groups excluding carboxylic acids is 2. The van der Waals surface area contributed by atoms with Crippen molar-refractivity contribution in [1.29, 1.82) is 0 Å². The third-order valence-electron chi connectivity index (χ3n) is 4.29. The van der Waals surface area contributed by atoms with E-state index in [1.807, 2.05) is 55.5 Å². The van der Waals surface area contributed by atoms with Crippen LogP contribution in [-0.4, -0.2) is 39.2 Å². The molecule has 1 N–H and O–H groups in total. The Kier molecular flexibility index (Phi) is 5.15. The molecule has 0 radical (unpaired) electrons. The summed E-state index contributed by atoms with van der Waals surface area (Å²) in [6.45, 7) is 1.96. The quantitative estimate of drug-likeness (QED) is 0.700. The predicted octanol–water partition coefficient (Wildman–Crippen LogP) is 4.19. The minimum absolute atomic E-state index is 0.0979.